The summed E-state index contributed by atoms with van der Waals surface area (Å²) in [6.07, 6.45) is 0.935. The van der Waals surface area contributed by atoms with E-state index in [1.807, 2.05) is 12.1 Å². The van der Waals surface area contributed by atoms with Gasteiger partial charge in [-0.15, -0.1) is 0 Å². The van der Waals surface area contributed by atoms with E-state index in [1.165, 1.54) is 17.0 Å². The molecule has 3 aromatic rings. The number of H-pyrrole nitrogens is 1. The smallest absolute Gasteiger partial charge is 0.123 e. The van der Waals surface area contributed by atoms with Crippen LogP contribution in [0.5, 0.6) is 0 Å². The third-order valence-electron chi connectivity index (χ3n) is 4.52. The number of nitrogens with one attached hydrogen (secondary N) is 1. The Bertz CT molecular complexity index is 804. The van der Waals surface area contributed by atoms with Crippen molar-refractivity contribution in [3.63, 3.8) is 0 Å². The predicted octanol–water partition coefficient (Wildman–Crippen LogP) is 4.86. The molecule has 0 bridgehead atoms. The molecule has 3 rings (SSSR count). The minimum atomic E-state index is -0.202. The van der Waals surface area contributed by atoms with Crippen molar-refractivity contribution in [3.05, 3.63) is 59.9 Å². The standard InChI is InChI=1S/C20H23FN2/c1-14(2)23(3)12-11-18-17-9-4-5-10-19(17)22-20(18)15-7-6-8-16(21)13-15/h4-10,13-14,22H,11-12H2,1-3H3. The molecule has 23 heavy (non-hydrogen) atoms. The molecule has 1 aromatic heterocycles. The van der Waals surface area contributed by atoms with Crippen LogP contribution in [0, 0.1) is 5.82 Å². The van der Waals surface area contributed by atoms with Gasteiger partial charge in [0.25, 0.3) is 0 Å². The third-order valence-corrected chi connectivity index (χ3v) is 4.52. The molecular weight excluding hydrogens is 287 g/mol. The van der Waals surface area contributed by atoms with Gasteiger partial charge in [0, 0.05) is 34.7 Å². The number of para-hydroxylation sites is 1. The molecule has 1 heterocycles. The molecule has 0 unspecified atom stereocenters. The Morgan fingerprint density at radius 1 is 1.09 bits per heavy atom. The van der Waals surface area contributed by atoms with E-state index < -0.39 is 0 Å². The molecule has 0 aliphatic carbocycles. The molecule has 1 N–H and O–H groups in total. The Morgan fingerprint density at radius 3 is 2.61 bits per heavy atom. The van der Waals surface area contributed by atoms with Crippen molar-refractivity contribution < 1.29 is 4.39 Å². The van der Waals surface area contributed by atoms with E-state index in [4.69, 9.17) is 0 Å². The SMILES string of the molecule is CC(C)N(C)CCc1c(-c2cccc(F)c2)[nH]c2ccccc12. The van der Waals surface area contributed by atoms with E-state index in [2.05, 4.69) is 49.0 Å². The van der Waals surface area contributed by atoms with E-state index in [0.717, 1.165) is 29.7 Å². The molecule has 0 amide bonds. The fourth-order valence-electron chi connectivity index (χ4n) is 2.90. The van der Waals surface area contributed by atoms with Crippen LogP contribution in [0.3, 0.4) is 0 Å². The summed E-state index contributed by atoms with van der Waals surface area (Å²) in [6.45, 7) is 5.37. The first-order valence-electron chi connectivity index (χ1n) is 8.12. The molecule has 0 radical (unpaired) electrons. The maximum absolute atomic E-state index is 13.6. The van der Waals surface area contributed by atoms with Gasteiger partial charge in [-0.3, -0.25) is 0 Å². The summed E-state index contributed by atoms with van der Waals surface area (Å²) in [4.78, 5) is 5.81. The second kappa shape index (κ2) is 6.55. The van der Waals surface area contributed by atoms with Gasteiger partial charge in [0.1, 0.15) is 5.82 Å². The van der Waals surface area contributed by atoms with E-state index in [0.29, 0.717) is 6.04 Å². The maximum Gasteiger partial charge on any atom is 0.123 e. The highest BCUT2D eigenvalue weighted by Crippen LogP contribution is 2.31. The van der Waals surface area contributed by atoms with E-state index in [-0.39, 0.29) is 5.82 Å². The van der Waals surface area contributed by atoms with Crippen molar-refractivity contribution in [3.8, 4) is 11.3 Å². The summed E-state index contributed by atoms with van der Waals surface area (Å²) < 4.78 is 13.6. The first kappa shape index (κ1) is 15.8. The Kier molecular flexibility index (Phi) is 4.49. The van der Waals surface area contributed by atoms with Crippen molar-refractivity contribution in [1.29, 1.82) is 0 Å². The summed E-state index contributed by atoms with van der Waals surface area (Å²) in [5.41, 5.74) is 4.30. The van der Waals surface area contributed by atoms with Crippen LogP contribution in [0.4, 0.5) is 4.39 Å². The summed E-state index contributed by atoms with van der Waals surface area (Å²) in [6, 6.07) is 15.6. The Hall–Kier alpha value is -2.13. The van der Waals surface area contributed by atoms with Crippen molar-refractivity contribution in [2.45, 2.75) is 26.3 Å². The topological polar surface area (TPSA) is 19.0 Å². The molecule has 0 spiro atoms. The van der Waals surface area contributed by atoms with Crippen LogP contribution in [-0.2, 0) is 6.42 Å². The average molecular weight is 310 g/mol. The number of benzene rings is 2. The van der Waals surface area contributed by atoms with Crippen LogP contribution in [0.15, 0.2) is 48.5 Å². The van der Waals surface area contributed by atoms with E-state index in [9.17, 15) is 4.39 Å². The van der Waals surface area contributed by atoms with E-state index >= 15 is 0 Å². The van der Waals surface area contributed by atoms with Gasteiger partial charge in [-0.25, -0.2) is 4.39 Å². The molecule has 2 aromatic carbocycles. The molecule has 0 aliphatic heterocycles. The Labute approximate surface area is 136 Å². The molecule has 3 heteroatoms. The van der Waals surface area contributed by atoms with Gasteiger partial charge >= 0.3 is 0 Å². The third kappa shape index (κ3) is 3.30. The van der Waals surface area contributed by atoms with Gasteiger partial charge in [-0.2, -0.15) is 0 Å². The molecule has 120 valence electrons. The van der Waals surface area contributed by atoms with Gasteiger partial charge in [0.05, 0.1) is 0 Å². The molecule has 0 aliphatic rings. The van der Waals surface area contributed by atoms with Crippen LogP contribution in [0.25, 0.3) is 22.2 Å². The lowest BCUT2D eigenvalue weighted by Crippen LogP contribution is -2.28. The zero-order valence-corrected chi connectivity index (χ0v) is 13.9. The van der Waals surface area contributed by atoms with Crippen LogP contribution < -0.4 is 0 Å². The zero-order chi connectivity index (χ0) is 16.4. The minimum Gasteiger partial charge on any atom is -0.354 e. The lowest BCUT2D eigenvalue weighted by Gasteiger charge is -2.21. The lowest BCUT2D eigenvalue weighted by molar-refractivity contribution is 0.278. The van der Waals surface area contributed by atoms with E-state index in [1.54, 1.807) is 12.1 Å². The monoisotopic (exact) mass is 310 g/mol. The number of halogens is 1. The fourth-order valence-corrected chi connectivity index (χ4v) is 2.90. The molecule has 0 saturated carbocycles. The second-order valence-corrected chi connectivity index (χ2v) is 6.36. The Balaban J connectivity index is 2.04. The largest absolute Gasteiger partial charge is 0.354 e. The summed E-state index contributed by atoms with van der Waals surface area (Å²) >= 11 is 0. The highest BCUT2D eigenvalue weighted by molar-refractivity contribution is 5.90. The van der Waals surface area contributed by atoms with Gasteiger partial charge < -0.3 is 9.88 Å². The lowest BCUT2D eigenvalue weighted by atomic mass is 10.0. The normalized spacial score (nSPS) is 11.7. The fraction of sp³-hybridized carbons (Fsp3) is 0.300. The van der Waals surface area contributed by atoms with Crippen LogP contribution in [-0.4, -0.2) is 29.5 Å². The van der Waals surface area contributed by atoms with Gasteiger partial charge in [0.15, 0.2) is 0 Å². The summed E-state index contributed by atoms with van der Waals surface area (Å²) in [7, 11) is 2.14. The number of nitrogens with zero attached hydrogens (tertiary/aromatic N) is 1. The van der Waals surface area contributed by atoms with Gasteiger partial charge in [-0.05, 0) is 51.1 Å². The molecule has 0 atom stereocenters. The molecule has 0 saturated heterocycles. The number of rotatable bonds is 5. The first-order valence-corrected chi connectivity index (χ1v) is 8.12. The quantitative estimate of drug-likeness (QED) is 0.713. The highest BCUT2D eigenvalue weighted by Gasteiger charge is 2.14. The average Bonchev–Trinajstić information content (AvgIpc) is 2.91. The maximum atomic E-state index is 13.6. The van der Waals surface area contributed by atoms with Crippen molar-refractivity contribution in [2.24, 2.45) is 0 Å². The van der Waals surface area contributed by atoms with Crippen molar-refractivity contribution in [2.75, 3.05) is 13.6 Å². The van der Waals surface area contributed by atoms with Crippen molar-refractivity contribution in [1.82, 2.24) is 9.88 Å². The molecular formula is C20H23FN2. The number of likely N-dealkylation sites (N-methyl/N-ethyl adjacent to an activating group) is 1. The van der Waals surface area contributed by atoms with Crippen molar-refractivity contribution >= 4 is 10.9 Å². The van der Waals surface area contributed by atoms with Gasteiger partial charge in [0.2, 0.25) is 0 Å². The summed E-state index contributed by atoms with van der Waals surface area (Å²) in [5.74, 6) is -0.202. The summed E-state index contributed by atoms with van der Waals surface area (Å²) in [5, 5.41) is 1.23. The number of hydrogen-bond donors (Lipinski definition) is 1. The highest BCUT2D eigenvalue weighted by atomic mass is 19.1. The van der Waals surface area contributed by atoms with Crippen LogP contribution in [0.1, 0.15) is 19.4 Å². The molecule has 0 fully saturated rings. The van der Waals surface area contributed by atoms with Crippen LogP contribution in [0.2, 0.25) is 0 Å². The first-order chi connectivity index (χ1) is 11.1. The minimum absolute atomic E-state index is 0.202. The van der Waals surface area contributed by atoms with Crippen LogP contribution >= 0.6 is 0 Å². The number of aromatic amines is 1. The number of fused-ring (bicyclic) bond motifs is 1. The predicted molar refractivity (Wildman–Crippen MR) is 95.2 cm³/mol. The number of aromatic nitrogens is 1. The molecule has 2 nitrogen and oxygen atoms in total. The zero-order valence-electron chi connectivity index (χ0n) is 13.9. The second-order valence-electron chi connectivity index (χ2n) is 6.36. The Morgan fingerprint density at radius 2 is 1.87 bits per heavy atom. The van der Waals surface area contributed by atoms with Gasteiger partial charge in [-0.1, -0.05) is 30.3 Å². The number of hydrogen-bond acceptors (Lipinski definition) is 1.